The number of phenolic OH excluding ortho intramolecular Hbond substituents is 1. The van der Waals surface area contributed by atoms with Crippen LogP contribution in [0.1, 0.15) is 15.9 Å². The van der Waals surface area contributed by atoms with Gasteiger partial charge in [0.2, 0.25) is 0 Å². The highest BCUT2D eigenvalue weighted by atomic mass is 79.9. The highest BCUT2D eigenvalue weighted by Crippen LogP contribution is 2.22. The monoisotopic (exact) mass is 474 g/mol. The van der Waals surface area contributed by atoms with Crippen LogP contribution in [0, 0.1) is 0 Å². The number of hydrazone groups is 1. The number of nitrogens with zero attached hydrogens (tertiary/aromatic N) is 1. The normalized spacial score (nSPS) is 10.8. The third-order valence-corrected chi connectivity index (χ3v) is 4.18. The molecule has 0 aliphatic carbocycles. The van der Waals surface area contributed by atoms with Crippen LogP contribution in [-0.4, -0.2) is 17.2 Å². The van der Waals surface area contributed by atoms with Crippen LogP contribution in [0.3, 0.4) is 0 Å². The Hall–Kier alpha value is -1.18. The summed E-state index contributed by atoms with van der Waals surface area (Å²) >= 11 is 9.88. The third kappa shape index (κ3) is 4.39. The summed E-state index contributed by atoms with van der Waals surface area (Å²) < 4.78 is 2.30. The van der Waals surface area contributed by atoms with Crippen molar-refractivity contribution in [3.8, 4) is 5.75 Å². The highest BCUT2D eigenvalue weighted by molar-refractivity contribution is 9.11. The van der Waals surface area contributed by atoms with Gasteiger partial charge >= 0.3 is 0 Å². The van der Waals surface area contributed by atoms with Crippen molar-refractivity contribution < 1.29 is 9.90 Å². The predicted octanol–water partition coefficient (Wildman–Crippen LogP) is 4.44. The van der Waals surface area contributed by atoms with Crippen LogP contribution in [0.2, 0.25) is 0 Å². The number of halogens is 3. The first-order chi connectivity index (χ1) is 9.97. The molecule has 0 bridgehead atoms. The van der Waals surface area contributed by atoms with Gasteiger partial charge in [0.15, 0.2) is 0 Å². The lowest BCUT2D eigenvalue weighted by molar-refractivity contribution is 0.0954. The Bertz CT molecular complexity index is 717. The van der Waals surface area contributed by atoms with Gasteiger partial charge in [-0.1, -0.05) is 31.9 Å². The van der Waals surface area contributed by atoms with Crippen molar-refractivity contribution in [2.75, 3.05) is 0 Å². The maximum Gasteiger partial charge on any atom is 0.272 e. The summed E-state index contributed by atoms with van der Waals surface area (Å²) in [5.74, 6) is -0.269. The molecule has 0 heterocycles. The number of carbonyl (C=O) groups excluding carboxylic acids is 1. The average molecular weight is 477 g/mol. The first-order valence-electron chi connectivity index (χ1n) is 5.74. The molecular formula is C14H9Br3N2O2. The van der Waals surface area contributed by atoms with Crippen molar-refractivity contribution in [2.45, 2.75) is 0 Å². The van der Waals surface area contributed by atoms with Crippen molar-refractivity contribution in [1.29, 1.82) is 0 Å². The number of hydrogen-bond acceptors (Lipinski definition) is 3. The van der Waals surface area contributed by atoms with Crippen molar-refractivity contribution in [1.82, 2.24) is 5.43 Å². The van der Waals surface area contributed by atoms with Crippen LogP contribution < -0.4 is 5.43 Å². The van der Waals surface area contributed by atoms with Crippen molar-refractivity contribution >= 4 is 59.9 Å². The zero-order valence-corrected chi connectivity index (χ0v) is 15.2. The molecule has 0 aliphatic rings. The van der Waals surface area contributed by atoms with E-state index in [0.717, 1.165) is 8.95 Å². The molecule has 0 fully saturated rings. The quantitative estimate of drug-likeness (QED) is 0.508. The number of nitrogens with one attached hydrogen (secondary N) is 1. The van der Waals surface area contributed by atoms with Gasteiger partial charge < -0.3 is 5.11 Å². The Kier molecular flexibility index (Phi) is 5.55. The Morgan fingerprint density at radius 3 is 2.43 bits per heavy atom. The minimum absolute atomic E-state index is 0.0761. The van der Waals surface area contributed by atoms with Gasteiger partial charge in [-0.15, -0.1) is 0 Å². The summed E-state index contributed by atoms with van der Waals surface area (Å²) in [4.78, 5) is 12.0. The Morgan fingerprint density at radius 1 is 1.10 bits per heavy atom. The van der Waals surface area contributed by atoms with Gasteiger partial charge in [0, 0.05) is 19.0 Å². The van der Waals surface area contributed by atoms with Crippen molar-refractivity contribution in [3.63, 3.8) is 0 Å². The first kappa shape index (κ1) is 16.2. The number of phenols is 1. The molecule has 0 aliphatic heterocycles. The molecule has 0 atom stereocenters. The Labute approximate surface area is 146 Å². The van der Waals surface area contributed by atoms with E-state index in [-0.39, 0.29) is 11.7 Å². The second-order valence-corrected chi connectivity index (χ2v) is 6.71. The van der Waals surface area contributed by atoms with Gasteiger partial charge in [0.1, 0.15) is 5.75 Å². The summed E-state index contributed by atoms with van der Waals surface area (Å²) in [6.45, 7) is 0. The zero-order valence-electron chi connectivity index (χ0n) is 10.5. The molecule has 4 nitrogen and oxygen atoms in total. The fraction of sp³-hybridized carbons (Fsp3) is 0. The molecule has 1 amide bonds. The number of benzene rings is 2. The number of amides is 1. The summed E-state index contributed by atoms with van der Waals surface area (Å²) in [7, 11) is 0. The largest absolute Gasteiger partial charge is 0.507 e. The topological polar surface area (TPSA) is 61.7 Å². The molecular weight excluding hydrogens is 468 g/mol. The Morgan fingerprint density at radius 2 is 1.76 bits per heavy atom. The minimum Gasteiger partial charge on any atom is -0.507 e. The lowest BCUT2D eigenvalue weighted by Crippen LogP contribution is -2.18. The minimum atomic E-state index is -0.345. The van der Waals surface area contributed by atoms with Crippen LogP contribution >= 0.6 is 47.8 Å². The van der Waals surface area contributed by atoms with Gasteiger partial charge in [-0.25, -0.2) is 5.43 Å². The molecule has 0 aromatic heterocycles. The van der Waals surface area contributed by atoms with Crippen molar-refractivity contribution in [3.05, 3.63) is 60.9 Å². The smallest absolute Gasteiger partial charge is 0.272 e. The average Bonchev–Trinajstić information content (AvgIpc) is 2.41. The molecule has 0 saturated heterocycles. The van der Waals surface area contributed by atoms with E-state index in [1.165, 1.54) is 6.21 Å². The fourth-order valence-corrected chi connectivity index (χ4v) is 3.10. The van der Waals surface area contributed by atoms with Gasteiger partial charge in [-0.05, 0) is 52.3 Å². The number of carbonyl (C=O) groups is 1. The molecule has 2 aromatic carbocycles. The molecule has 0 spiro atoms. The summed E-state index contributed by atoms with van der Waals surface area (Å²) in [6, 6.07) is 10.2. The zero-order chi connectivity index (χ0) is 15.4. The summed E-state index contributed by atoms with van der Waals surface area (Å²) in [5, 5.41) is 13.5. The molecule has 0 saturated carbocycles. The van der Waals surface area contributed by atoms with E-state index in [2.05, 4.69) is 58.3 Å². The molecule has 0 unspecified atom stereocenters. The van der Waals surface area contributed by atoms with E-state index >= 15 is 0 Å². The lowest BCUT2D eigenvalue weighted by Gasteiger charge is -2.03. The molecule has 0 radical (unpaired) electrons. The van der Waals surface area contributed by atoms with Crippen LogP contribution in [-0.2, 0) is 0 Å². The van der Waals surface area contributed by atoms with Gasteiger partial charge in [-0.2, -0.15) is 5.10 Å². The fourth-order valence-electron chi connectivity index (χ4n) is 1.52. The predicted molar refractivity (Wildman–Crippen MR) is 92.7 cm³/mol. The number of aromatic hydroxyl groups is 1. The third-order valence-electron chi connectivity index (χ3n) is 2.54. The maximum absolute atomic E-state index is 12.0. The van der Waals surface area contributed by atoms with Gasteiger partial charge in [0.25, 0.3) is 5.91 Å². The van der Waals surface area contributed by atoms with Crippen molar-refractivity contribution in [2.24, 2.45) is 5.10 Å². The van der Waals surface area contributed by atoms with E-state index in [0.29, 0.717) is 15.6 Å². The van der Waals surface area contributed by atoms with E-state index in [1.54, 1.807) is 36.4 Å². The van der Waals surface area contributed by atoms with Crippen LogP contribution in [0.25, 0.3) is 0 Å². The van der Waals surface area contributed by atoms with E-state index < -0.39 is 0 Å². The number of hydrogen-bond donors (Lipinski definition) is 2. The van der Waals surface area contributed by atoms with Crippen LogP contribution in [0.15, 0.2) is 54.9 Å². The lowest BCUT2D eigenvalue weighted by atomic mass is 10.2. The standard InChI is InChI=1S/C14H9Br3N2O2/c15-9-3-4-11(12(17)5-9)14(21)19-18-7-8-1-2-10(16)6-13(8)20/h1-7,20H,(H,19,21)/b18-7+. The van der Waals surface area contributed by atoms with Gasteiger partial charge in [0.05, 0.1) is 11.8 Å². The second-order valence-electron chi connectivity index (χ2n) is 4.03. The van der Waals surface area contributed by atoms with E-state index in [4.69, 9.17) is 0 Å². The maximum atomic E-state index is 12.0. The SMILES string of the molecule is O=C(N/N=C/c1ccc(Br)cc1O)c1ccc(Br)cc1Br. The van der Waals surface area contributed by atoms with Gasteiger partial charge in [-0.3, -0.25) is 4.79 Å². The highest BCUT2D eigenvalue weighted by Gasteiger charge is 2.09. The molecule has 7 heteroatoms. The first-order valence-corrected chi connectivity index (χ1v) is 8.12. The Balaban J connectivity index is 2.08. The van der Waals surface area contributed by atoms with Crippen LogP contribution in [0.4, 0.5) is 0 Å². The second kappa shape index (κ2) is 7.20. The van der Waals surface area contributed by atoms with E-state index in [1.807, 2.05) is 0 Å². The molecule has 108 valence electrons. The molecule has 21 heavy (non-hydrogen) atoms. The molecule has 2 aromatic rings. The molecule has 2 rings (SSSR count). The van der Waals surface area contributed by atoms with E-state index in [9.17, 15) is 9.90 Å². The molecule has 2 N–H and O–H groups in total. The number of rotatable bonds is 3. The summed E-state index contributed by atoms with van der Waals surface area (Å²) in [5.41, 5.74) is 3.39. The summed E-state index contributed by atoms with van der Waals surface area (Å²) in [6.07, 6.45) is 1.38. The van der Waals surface area contributed by atoms with Crippen LogP contribution in [0.5, 0.6) is 5.75 Å².